The summed E-state index contributed by atoms with van der Waals surface area (Å²) in [6.07, 6.45) is 1.78. The average Bonchev–Trinajstić information content (AvgIpc) is 2.62. The minimum atomic E-state index is -0.832. The van der Waals surface area contributed by atoms with Gasteiger partial charge in [0.1, 0.15) is 0 Å². The molecule has 2 rings (SSSR count). The van der Waals surface area contributed by atoms with E-state index < -0.39 is 6.09 Å². The molecule has 0 aromatic heterocycles. The number of alkyl halides is 1. The van der Waals surface area contributed by atoms with Crippen molar-refractivity contribution in [2.75, 3.05) is 26.2 Å². The van der Waals surface area contributed by atoms with E-state index >= 15 is 0 Å². The molecule has 0 bridgehead atoms. The SMILES string of the molecule is O=C(O)N1CCC(CN2CCC(Br)C2=O)CC1. The number of hydrogen-bond acceptors (Lipinski definition) is 2. The van der Waals surface area contributed by atoms with Crippen LogP contribution in [0.5, 0.6) is 0 Å². The summed E-state index contributed by atoms with van der Waals surface area (Å²) >= 11 is 3.36. The van der Waals surface area contributed by atoms with Crippen LogP contribution in [0.2, 0.25) is 0 Å². The van der Waals surface area contributed by atoms with Crippen LogP contribution in [0.1, 0.15) is 19.3 Å². The predicted molar refractivity (Wildman–Crippen MR) is 66.2 cm³/mol. The number of carboxylic acid groups (broad SMARTS) is 1. The molecule has 1 atom stereocenters. The lowest BCUT2D eigenvalue weighted by Gasteiger charge is -2.32. The molecule has 0 saturated carbocycles. The summed E-state index contributed by atoms with van der Waals surface area (Å²) in [5.74, 6) is 0.637. The molecule has 1 unspecified atom stereocenters. The number of carbonyl (C=O) groups is 2. The number of piperidine rings is 1. The van der Waals surface area contributed by atoms with E-state index in [-0.39, 0.29) is 10.7 Å². The van der Waals surface area contributed by atoms with Gasteiger partial charge in [-0.3, -0.25) is 4.79 Å². The van der Waals surface area contributed by atoms with Gasteiger partial charge in [0.15, 0.2) is 0 Å². The molecule has 2 aliphatic heterocycles. The molecule has 0 radical (unpaired) electrons. The van der Waals surface area contributed by atoms with Gasteiger partial charge in [-0.2, -0.15) is 0 Å². The van der Waals surface area contributed by atoms with Crippen molar-refractivity contribution in [3.63, 3.8) is 0 Å². The summed E-state index contributed by atoms with van der Waals surface area (Å²) in [4.78, 5) is 25.8. The van der Waals surface area contributed by atoms with Crippen LogP contribution < -0.4 is 0 Å². The van der Waals surface area contributed by atoms with E-state index in [4.69, 9.17) is 5.11 Å². The third-order valence-corrected chi connectivity index (χ3v) is 4.45. The number of amides is 2. The molecule has 0 aliphatic carbocycles. The molecule has 0 spiro atoms. The minimum Gasteiger partial charge on any atom is -0.465 e. The van der Waals surface area contributed by atoms with Gasteiger partial charge in [-0.15, -0.1) is 0 Å². The lowest BCUT2D eigenvalue weighted by Crippen LogP contribution is -2.41. The molecule has 2 amide bonds. The van der Waals surface area contributed by atoms with Crippen molar-refractivity contribution >= 4 is 27.9 Å². The number of nitrogens with zero attached hydrogens (tertiary/aromatic N) is 2. The Hall–Kier alpha value is -0.780. The van der Waals surface area contributed by atoms with Crippen molar-refractivity contribution in [2.45, 2.75) is 24.1 Å². The van der Waals surface area contributed by atoms with Crippen LogP contribution in [-0.4, -0.2) is 57.9 Å². The number of hydrogen-bond donors (Lipinski definition) is 1. The van der Waals surface area contributed by atoms with Gasteiger partial charge in [0, 0.05) is 26.2 Å². The standard InChI is InChI=1S/C11H17BrN2O3/c12-9-3-6-14(10(9)15)7-8-1-4-13(5-2-8)11(16)17/h8-9H,1-7H2,(H,16,17). The third kappa shape index (κ3) is 2.91. The van der Waals surface area contributed by atoms with Crippen LogP contribution in [0.15, 0.2) is 0 Å². The lowest BCUT2D eigenvalue weighted by atomic mass is 9.96. The minimum absolute atomic E-state index is 0.0124. The van der Waals surface area contributed by atoms with E-state index in [2.05, 4.69) is 15.9 Å². The Bertz CT molecular complexity index is 316. The maximum atomic E-state index is 11.7. The van der Waals surface area contributed by atoms with Crippen LogP contribution in [-0.2, 0) is 4.79 Å². The lowest BCUT2D eigenvalue weighted by molar-refractivity contribution is -0.127. The van der Waals surface area contributed by atoms with E-state index in [1.54, 1.807) is 0 Å². The zero-order valence-electron chi connectivity index (χ0n) is 9.64. The van der Waals surface area contributed by atoms with Crippen molar-refractivity contribution in [2.24, 2.45) is 5.92 Å². The number of rotatable bonds is 2. The highest BCUT2D eigenvalue weighted by molar-refractivity contribution is 9.10. The molecule has 2 saturated heterocycles. The van der Waals surface area contributed by atoms with E-state index in [0.717, 1.165) is 32.4 Å². The Morgan fingerprint density at radius 1 is 1.29 bits per heavy atom. The van der Waals surface area contributed by atoms with Crippen LogP contribution in [0, 0.1) is 5.92 Å². The fourth-order valence-electron chi connectivity index (χ4n) is 2.50. The van der Waals surface area contributed by atoms with Gasteiger partial charge < -0.3 is 14.9 Å². The maximum absolute atomic E-state index is 11.7. The molecule has 0 aromatic carbocycles. The van der Waals surface area contributed by atoms with Crippen molar-refractivity contribution in [1.29, 1.82) is 0 Å². The van der Waals surface area contributed by atoms with Crippen LogP contribution >= 0.6 is 15.9 Å². The van der Waals surface area contributed by atoms with E-state index in [0.29, 0.717) is 19.0 Å². The molecule has 6 heteroatoms. The summed E-state index contributed by atoms with van der Waals surface area (Å²) in [7, 11) is 0. The van der Waals surface area contributed by atoms with Crippen molar-refractivity contribution in [3.8, 4) is 0 Å². The first kappa shape index (κ1) is 12.7. The fraction of sp³-hybridized carbons (Fsp3) is 0.818. The molecular weight excluding hydrogens is 288 g/mol. The number of likely N-dealkylation sites (tertiary alicyclic amines) is 2. The maximum Gasteiger partial charge on any atom is 0.407 e. The Kier molecular flexibility index (Phi) is 3.91. The zero-order chi connectivity index (χ0) is 12.4. The smallest absolute Gasteiger partial charge is 0.407 e. The van der Waals surface area contributed by atoms with Crippen LogP contribution in [0.3, 0.4) is 0 Å². The molecule has 2 heterocycles. The first-order chi connectivity index (χ1) is 8.08. The molecule has 5 nitrogen and oxygen atoms in total. The van der Waals surface area contributed by atoms with Gasteiger partial charge in [-0.1, -0.05) is 15.9 Å². The Morgan fingerprint density at radius 3 is 2.41 bits per heavy atom. The summed E-state index contributed by atoms with van der Waals surface area (Å²) in [5.41, 5.74) is 0. The van der Waals surface area contributed by atoms with Crippen molar-refractivity contribution in [1.82, 2.24) is 9.80 Å². The van der Waals surface area contributed by atoms with Gasteiger partial charge in [-0.05, 0) is 25.2 Å². The number of halogens is 1. The molecule has 0 aromatic rings. The first-order valence-corrected chi connectivity index (χ1v) is 6.90. The molecule has 2 fully saturated rings. The average molecular weight is 305 g/mol. The van der Waals surface area contributed by atoms with Crippen LogP contribution in [0.4, 0.5) is 4.79 Å². The molecule has 96 valence electrons. The monoisotopic (exact) mass is 304 g/mol. The Morgan fingerprint density at radius 2 is 1.94 bits per heavy atom. The highest BCUT2D eigenvalue weighted by atomic mass is 79.9. The van der Waals surface area contributed by atoms with Crippen molar-refractivity contribution < 1.29 is 14.7 Å². The summed E-state index contributed by atoms with van der Waals surface area (Å²) in [6.45, 7) is 2.81. The van der Waals surface area contributed by atoms with Gasteiger partial charge >= 0.3 is 6.09 Å². The predicted octanol–water partition coefficient (Wildman–Crippen LogP) is 1.37. The molecular formula is C11H17BrN2O3. The van der Waals surface area contributed by atoms with Crippen LogP contribution in [0.25, 0.3) is 0 Å². The summed E-state index contributed by atoms with van der Waals surface area (Å²) in [5, 5.41) is 8.84. The topological polar surface area (TPSA) is 60.9 Å². The summed E-state index contributed by atoms with van der Waals surface area (Å²) < 4.78 is 0. The van der Waals surface area contributed by atoms with Crippen molar-refractivity contribution in [3.05, 3.63) is 0 Å². The van der Waals surface area contributed by atoms with E-state index in [1.165, 1.54) is 4.90 Å². The second kappa shape index (κ2) is 5.25. The number of carbonyl (C=O) groups excluding carboxylic acids is 1. The summed E-state index contributed by atoms with van der Waals surface area (Å²) in [6, 6.07) is 0. The second-order valence-corrected chi connectivity index (χ2v) is 5.86. The normalized spacial score (nSPS) is 26.6. The molecule has 2 aliphatic rings. The zero-order valence-corrected chi connectivity index (χ0v) is 11.2. The largest absolute Gasteiger partial charge is 0.465 e. The third-order valence-electron chi connectivity index (χ3n) is 3.60. The molecule has 17 heavy (non-hydrogen) atoms. The quantitative estimate of drug-likeness (QED) is 0.784. The highest BCUT2D eigenvalue weighted by Crippen LogP contribution is 2.23. The Balaban J connectivity index is 1.79. The first-order valence-electron chi connectivity index (χ1n) is 5.98. The van der Waals surface area contributed by atoms with Gasteiger partial charge in [-0.25, -0.2) is 4.79 Å². The second-order valence-electron chi connectivity index (χ2n) is 4.75. The highest BCUT2D eigenvalue weighted by Gasteiger charge is 2.32. The fourth-order valence-corrected chi connectivity index (χ4v) is 3.00. The van der Waals surface area contributed by atoms with Gasteiger partial charge in [0.25, 0.3) is 0 Å². The Labute approximate surface area is 109 Å². The van der Waals surface area contributed by atoms with E-state index in [9.17, 15) is 9.59 Å². The molecule has 1 N–H and O–H groups in total. The van der Waals surface area contributed by atoms with Gasteiger partial charge in [0.05, 0.1) is 4.83 Å². The van der Waals surface area contributed by atoms with E-state index in [1.807, 2.05) is 4.90 Å². The van der Waals surface area contributed by atoms with Gasteiger partial charge in [0.2, 0.25) is 5.91 Å².